The number of hydrogen-bond acceptors (Lipinski definition) is 8. The molecule has 2 N–H and O–H groups in total. The van der Waals surface area contributed by atoms with E-state index in [1.807, 2.05) is 0 Å². The molecule has 0 saturated heterocycles. The number of halogens is 2. The van der Waals surface area contributed by atoms with Gasteiger partial charge in [0.25, 0.3) is 0 Å². The lowest BCUT2D eigenvalue weighted by Gasteiger charge is -2.19. The van der Waals surface area contributed by atoms with E-state index in [1.165, 1.54) is 28.7 Å². The lowest BCUT2D eigenvalue weighted by Crippen LogP contribution is -2.20. The molecule has 3 rings (SSSR count). The number of rotatable bonds is 5. The van der Waals surface area contributed by atoms with Crippen LogP contribution >= 0.6 is 22.7 Å². The van der Waals surface area contributed by atoms with Crippen LogP contribution in [0, 0.1) is 11.6 Å². The largest absolute Gasteiger partial charge is 0.336 e. The summed E-state index contributed by atoms with van der Waals surface area (Å²) in [5.41, 5.74) is 3.63. The van der Waals surface area contributed by atoms with E-state index in [2.05, 4.69) is 31.0 Å². The molecule has 21 heavy (non-hydrogen) atoms. The first-order chi connectivity index (χ1) is 10.2. The van der Waals surface area contributed by atoms with Gasteiger partial charge in [-0.2, -0.15) is 0 Å². The molecule has 0 atom stereocenters. The quantitative estimate of drug-likeness (QED) is 0.702. The van der Waals surface area contributed by atoms with Gasteiger partial charge in [-0.25, -0.2) is 8.78 Å². The van der Waals surface area contributed by atoms with E-state index >= 15 is 0 Å². The van der Waals surface area contributed by atoms with Gasteiger partial charge in [-0.3, -0.25) is 0 Å². The van der Waals surface area contributed by atoms with Crippen molar-refractivity contribution in [3.05, 3.63) is 46.4 Å². The minimum absolute atomic E-state index is 0.499. The molecule has 0 aliphatic rings. The molecule has 1 aromatic carbocycles. The average molecular weight is 326 g/mol. The maximum Gasteiger partial charge on any atom is 0.207 e. The van der Waals surface area contributed by atoms with Crippen molar-refractivity contribution in [1.82, 2.24) is 20.4 Å². The lowest BCUT2D eigenvalue weighted by atomic mass is 10.1. The summed E-state index contributed by atoms with van der Waals surface area (Å²) in [6, 6.07) is 3.66. The second-order valence-electron chi connectivity index (χ2n) is 3.88. The molecular formula is C11H8F2N6S2. The highest BCUT2D eigenvalue weighted by Gasteiger charge is 2.16. The van der Waals surface area contributed by atoms with Crippen molar-refractivity contribution < 1.29 is 8.78 Å². The van der Waals surface area contributed by atoms with Crippen molar-refractivity contribution >= 4 is 32.9 Å². The Bertz CT molecular complexity index is 667. The standard InChI is InChI=1S/C11H8F2N6S2/c12-7-2-1-6(3-8(7)13)9(16-10-18-14-4-20-10)17-11-19-15-5-21-11/h1-5,9H,(H,16,18)(H,17,19). The first-order valence-electron chi connectivity index (χ1n) is 5.73. The Morgan fingerprint density at radius 2 is 1.52 bits per heavy atom. The number of hydrogen-bond donors (Lipinski definition) is 2. The van der Waals surface area contributed by atoms with Crippen molar-refractivity contribution in [3.8, 4) is 0 Å². The van der Waals surface area contributed by atoms with Crippen LogP contribution in [0.25, 0.3) is 0 Å². The molecular weight excluding hydrogens is 318 g/mol. The van der Waals surface area contributed by atoms with E-state index in [-0.39, 0.29) is 0 Å². The van der Waals surface area contributed by atoms with Crippen molar-refractivity contribution in [2.45, 2.75) is 6.17 Å². The number of aromatic nitrogens is 4. The molecule has 0 aliphatic carbocycles. The van der Waals surface area contributed by atoms with Gasteiger partial charge in [0.2, 0.25) is 10.3 Å². The molecule has 0 spiro atoms. The zero-order valence-electron chi connectivity index (χ0n) is 10.3. The lowest BCUT2D eigenvalue weighted by molar-refractivity contribution is 0.506. The Hall–Kier alpha value is -2.20. The maximum atomic E-state index is 13.4. The zero-order chi connectivity index (χ0) is 14.7. The summed E-state index contributed by atoms with van der Waals surface area (Å²) in [7, 11) is 0. The molecule has 0 radical (unpaired) electrons. The fourth-order valence-corrected chi connectivity index (χ4v) is 2.56. The van der Waals surface area contributed by atoms with Crippen LogP contribution in [0.2, 0.25) is 0 Å². The zero-order valence-corrected chi connectivity index (χ0v) is 12.0. The molecule has 6 nitrogen and oxygen atoms in total. The molecule has 2 heterocycles. The van der Waals surface area contributed by atoms with Crippen LogP contribution in [-0.4, -0.2) is 20.4 Å². The third-order valence-electron chi connectivity index (χ3n) is 2.53. The second kappa shape index (κ2) is 6.06. The van der Waals surface area contributed by atoms with E-state index < -0.39 is 17.8 Å². The Labute approximate surface area is 125 Å². The van der Waals surface area contributed by atoms with Gasteiger partial charge in [-0.05, 0) is 17.7 Å². The predicted octanol–water partition coefficient (Wildman–Crippen LogP) is 2.89. The van der Waals surface area contributed by atoms with Gasteiger partial charge in [0.1, 0.15) is 17.2 Å². The Kier molecular flexibility index (Phi) is 3.97. The Balaban J connectivity index is 1.88. The molecule has 10 heteroatoms. The van der Waals surface area contributed by atoms with Crippen LogP contribution in [0.3, 0.4) is 0 Å². The molecule has 0 fully saturated rings. The van der Waals surface area contributed by atoms with E-state index in [9.17, 15) is 8.78 Å². The molecule has 3 aromatic rings. The van der Waals surface area contributed by atoms with E-state index in [0.29, 0.717) is 15.8 Å². The molecule has 0 amide bonds. The monoisotopic (exact) mass is 326 g/mol. The minimum Gasteiger partial charge on any atom is -0.336 e. The highest BCUT2D eigenvalue weighted by Crippen LogP contribution is 2.24. The average Bonchev–Trinajstić information content (AvgIpc) is 3.14. The summed E-state index contributed by atoms with van der Waals surface area (Å²) in [6.07, 6.45) is -0.541. The van der Waals surface area contributed by atoms with Crippen molar-refractivity contribution in [2.24, 2.45) is 0 Å². The summed E-state index contributed by atoms with van der Waals surface area (Å²) in [5.74, 6) is -1.82. The SMILES string of the molecule is Fc1ccc(C(Nc2nncs2)Nc2nncs2)cc1F. The topological polar surface area (TPSA) is 75.6 Å². The maximum absolute atomic E-state index is 13.4. The summed E-state index contributed by atoms with van der Waals surface area (Å²) < 4.78 is 26.5. The van der Waals surface area contributed by atoms with Crippen LogP contribution in [0.1, 0.15) is 11.7 Å². The first kappa shape index (κ1) is 13.8. The molecule has 0 saturated carbocycles. The van der Waals surface area contributed by atoms with Crippen LogP contribution in [0.4, 0.5) is 19.0 Å². The van der Waals surface area contributed by atoms with Crippen LogP contribution in [-0.2, 0) is 0 Å². The van der Waals surface area contributed by atoms with E-state index in [1.54, 1.807) is 11.0 Å². The van der Waals surface area contributed by atoms with Gasteiger partial charge in [0.15, 0.2) is 11.6 Å². The van der Waals surface area contributed by atoms with Crippen LogP contribution in [0.15, 0.2) is 29.2 Å². The summed E-state index contributed by atoms with van der Waals surface area (Å²) in [5, 5.41) is 22.3. The van der Waals surface area contributed by atoms with Gasteiger partial charge >= 0.3 is 0 Å². The highest BCUT2D eigenvalue weighted by molar-refractivity contribution is 7.13. The predicted molar refractivity (Wildman–Crippen MR) is 76.2 cm³/mol. The second-order valence-corrected chi connectivity index (χ2v) is 5.55. The van der Waals surface area contributed by atoms with E-state index in [0.717, 1.165) is 12.1 Å². The molecule has 0 unspecified atom stereocenters. The third kappa shape index (κ3) is 3.28. The Morgan fingerprint density at radius 3 is 2.00 bits per heavy atom. The molecule has 108 valence electrons. The van der Waals surface area contributed by atoms with Gasteiger partial charge in [0.05, 0.1) is 0 Å². The first-order valence-corrected chi connectivity index (χ1v) is 7.48. The number of nitrogens with one attached hydrogen (secondary N) is 2. The van der Waals surface area contributed by atoms with Gasteiger partial charge in [-0.1, -0.05) is 28.7 Å². The van der Waals surface area contributed by atoms with Crippen LogP contribution < -0.4 is 10.6 Å². The van der Waals surface area contributed by atoms with Gasteiger partial charge < -0.3 is 10.6 Å². The summed E-state index contributed by atoms with van der Waals surface area (Å²) >= 11 is 2.58. The Morgan fingerprint density at radius 1 is 0.905 bits per heavy atom. The number of anilines is 2. The summed E-state index contributed by atoms with van der Waals surface area (Å²) in [4.78, 5) is 0. The van der Waals surface area contributed by atoms with Crippen molar-refractivity contribution in [2.75, 3.05) is 10.6 Å². The van der Waals surface area contributed by atoms with E-state index in [4.69, 9.17) is 0 Å². The highest BCUT2D eigenvalue weighted by atomic mass is 32.1. The minimum atomic E-state index is -0.921. The van der Waals surface area contributed by atoms with Gasteiger partial charge in [0, 0.05) is 0 Å². The fraction of sp³-hybridized carbons (Fsp3) is 0.0909. The normalized spacial score (nSPS) is 10.8. The molecule has 0 aliphatic heterocycles. The van der Waals surface area contributed by atoms with Gasteiger partial charge in [-0.15, -0.1) is 20.4 Å². The molecule has 2 aromatic heterocycles. The number of nitrogens with zero attached hydrogens (tertiary/aromatic N) is 4. The van der Waals surface area contributed by atoms with Crippen LogP contribution in [0.5, 0.6) is 0 Å². The summed E-state index contributed by atoms with van der Waals surface area (Å²) in [6.45, 7) is 0. The smallest absolute Gasteiger partial charge is 0.207 e. The van der Waals surface area contributed by atoms with Crippen molar-refractivity contribution in [3.63, 3.8) is 0 Å². The fourth-order valence-electron chi connectivity index (χ4n) is 1.61. The number of benzene rings is 1. The third-order valence-corrected chi connectivity index (χ3v) is 3.78. The van der Waals surface area contributed by atoms with Crippen molar-refractivity contribution in [1.29, 1.82) is 0 Å². The molecule has 0 bridgehead atoms.